The molecule has 1 amide bonds. The van der Waals surface area contributed by atoms with Crippen molar-refractivity contribution in [3.63, 3.8) is 0 Å². The van der Waals surface area contributed by atoms with Gasteiger partial charge in [-0.15, -0.1) is 0 Å². The minimum absolute atomic E-state index is 0.146. The maximum atomic E-state index is 13.4. The van der Waals surface area contributed by atoms with Crippen LogP contribution in [-0.2, 0) is 11.3 Å². The molecule has 9 heteroatoms. The number of piperazine rings is 1. The van der Waals surface area contributed by atoms with E-state index in [1.54, 1.807) is 35.2 Å². The van der Waals surface area contributed by atoms with Gasteiger partial charge in [0.2, 0.25) is 5.91 Å². The van der Waals surface area contributed by atoms with Gasteiger partial charge in [0.15, 0.2) is 0 Å². The number of amides is 1. The number of carbonyl (C=O) groups is 1. The molecule has 1 fully saturated rings. The van der Waals surface area contributed by atoms with Crippen LogP contribution in [0.25, 0.3) is 16.6 Å². The summed E-state index contributed by atoms with van der Waals surface area (Å²) in [7, 11) is 0. The molecule has 0 saturated carbocycles. The van der Waals surface area contributed by atoms with Crippen molar-refractivity contribution in [2.75, 3.05) is 32.7 Å². The largest absolute Gasteiger partial charge is 0.339 e. The summed E-state index contributed by atoms with van der Waals surface area (Å²) in [6.07, 6.45) is 0. The molecule has 1 saturated heterocycles. The normalized spacial score (nSPS) is 14.9. The highest BCUT2D eigenvalue weighted by Crippen LogP contribution is 2.23. The molecule has 1 aliphatic rings. The van der Waals surface area contributed by atoms with Crippen molar-refractivity contribution in [2.45, 2.75) is 13.5 Å². The van der Waals surface area contributed by atoms with Gasteiger partial charge in [-0.3, -0.25) is 14.2 Å². The number of fused-ring (bicyclic) bond motifs is 1. The number of halogens is 2. The highest BCUT2D eigenvalue weighted by atomic mass is 35.5. The second kappa shape index (κ2) is 8.86. The number of aromatic nitrogens is 2. The van der Waals surface area contributed by atoms with E-state index in [1.165, 1.54) is 16.7 Å². The molecule has 162 valence electrons. The molecule has 0 radical (unpaired) electrons. The number of benzene rings is 2. The van der Waals surface area contributed by atoms with Crippen molar-refractivity contribution in [3.05, 3.63) is 73.3 Å². The van der Waals surface area contributed by atoms with Gasteiger partial charge in [-0.2, -0.15) is 0 Å². The maximum Gasteiger partial charge on any atom is 0.336 e. The van der Waals surface area contributed by atoms with Crippen LogP contribution in [0.4, 0.5) is 0 Å². The van der Waals surface area contributed by atoms with Gasteiger partial charge in [-0.1, -0.05) is 42.3 Å². The lowest BCUT2D eigenvalue weighted by molar-refractivity contribution is -0.133. The van der Waals surface area contributed by atoms with E-state index in [1.807, 2.05) is 0 Å². The Morgan fingerprint density at radius 1 is 0.968 bits per heavy atom. The zero-order valence-electron chi connectivity index (χ0n) is 17.1. The first kappa shape index (κ1) is 21.6. The van der Waals surface area contributed by atoms with Gasteiger partial charge in [0.05, 0.1) is 26.6 Å². The van der Waals surface area contributed by atoms with E-state index in [4.69, 9.17) is 23.2 Å². The summed E-state index contributed by atoms with van der Waals surface area (Å²) in [5.41, 5.74) is -0.343. The molecule has 0 atom stereocenters. The van der Waals surface area contributed by atoms with Gasteiger partial charge in [0.1, 0.15) is 6.54 Å². The Morgan fingerprint density at radius 3 is 2.35 bits per heavy atom. The maximum absolute atomic E-state index is 13.4. The number of likely N-dealkylation sites (N-methyl/N-ethyl adjacent to an activating group) is 1. The van der Waals surface area contributed by atoms with Crippen LogP contribution in [0.15, 0.2) is 52.1 Å². The fourth-order valence-electron chi connectivity index (χ4n) is 3.87. The van der Waals surface area contributed by atoms with E-state index in [0.29, 0.717) is 34.7 Å². The lowest BCUT2D eigenvalue weighted by atomic mass is 10.2. The molecule has 0 aliphatic carbocycles. The number of hydrogen-bond acceptors (Lipinski definition) is 4. The smallest absolute Gasteiger partial charge is 0.336 e. The van der Waals surface area contributed by atoms with E-state index in [0.717, 1.165) is 24.2 Å². The third-order valence-corrected chi connectivity index (χ3v) is 6.42. The first-order chi connectivity index (χ1) is 14.9. The third-order valence-electron chi connectivity index (χ3n) is 5.68. The number of carbonyl (C=O) groups excluding carboxylic acids is 1. The van der Waals surface area contributed by atoms with Crippen LogP contribution in [0.3, 0.4) is 0 Å². The molecule has 0 bridgehead atoms. The molecule has 0 unspecified atom stereocenters. The zero-order chi connectivity index (χ0) is 22.1. The van der Waals surface area contributed by atoms with Gasteiger partial charge < -0.3 is 9.80 Å². The first-order valence-corrected chi connectivity index (χ1v) is 10.9. The molecular weight excluding hydrogens is 439 g/mol. The minimum atomic E-state index is -0.595. The van der Waals surface area contributed by atoms with E-state index >= 15 is 0 Å². The lowest BCUT2D eigenvalue weighted by Crippen LogP contribution is -2.50. The van der Waals surface area contributed by atoms with Crippen LogP contribution in [0.1, 0.15) is 6.92 Å². The molecule has 0 spiro atoms. The Kier molecular flexibility index (Phi) is 6.18. The molecular formula is C22H22Cl2N4O3. The van der Waals surface area contributed by atoms with Crippen LogP contribution in [0.5, 0.6) is 0 Å². The Labute approximate surface area is 189 Å². The molecule has 4 rings (SSSR count). The quantitative estimate of drug-likeness (QED) is 0.599. The van der Waals surface area contributed by atoms with Gasteiger partial charge >= 0.3 is 5.69 Å². The van der Waals surface area contributed by atoms with Crippen molar-refractivity contribution >= 4 is 40.0 Å². The Bertz CT molecular complexity index is 1260. The van der Waals surface area contributed by atoms with E-state index < -0.39 is 11.2 Å². The molecule has 2 heterocycles. The fraction of sp³-hybridized carbons (Fsp3) is 0.318. The van der Waals surface area contributed by atoms with Crippen molar-refractivity contribution in [1.29, 1.82) is 0 Å². The average molecular weight is 461 g/mol. The summed E-state index contributed by atoms with van der Waals surface area (Å²) < 4.78 is 2.39. The molecule has 1 aromatic heterocycles. The van der Waals surface area contributed by atoms with E-state index in [2.05, 4.69) is 11.8 Å². The molecule has 31 heavy (non-hydrogen) atoms. The van der Waals surface area contributed by atoms with Crippen molar-refractivity contribution in [1.82, 2.24) is 18.9 Å². The van der Waals surface area contributed by atoms with Crippen LogP contribution in [0, 0.1) is 0 Å². The lowest BCUT2D eigenvalue weighted by Gasteiger charge is -2.34. The zero-order valence-corrected chi connectivity index (χ0v) is 18.6. The molecule has 7 nitrogen and oxygen atoms in total. The first-order valence-electron chi connectivity index (χ1n) is 10.1. The Hall–Kier alpha value is -2.61. The van der Waals surface area contributed by atoms with E-state index in [9.17, 15) is 14.4 Å². The molecule has 0 N–H and O–H groups in total. The second-order valence-electron chi connectivity index (χ2n) is 7.44. The Morgan fingerprint density at radius 2 is 1.68 bits per heavy atom. The van der Waals surface area contributed by atoms with Gasteiger partial charge in [-0.05, 0) is 36.9 Å². The van der Waals surface area contributed by atoms with Gasteiger partial charge in [0.25, 0.3) is 5.56 Å². The van der Waals surface area contributed by atoms with Crippen molar-refractivity contribution < 1.29 is 4.79 Å². The summed E-state index contributed by atoms with van der Waals surface area (Å²) in [5.74, 6) is -0.151. The highest BCUT2D eigenvalue weighted by molar-refractivity contribution is 6.42. The van der Waals surface area contributed by atoms with Crippen LogP contribution < -0.4 is 11.2 Å². The van der Waals surface area contributed by atoms with E-state index in [-0.39, 0.29) is 17.5 Å². The van der Waals surface area contributed by atoms with Crippen LogP contribution in [0.2, 0.25) is 10.0 Å². The number of hydrogen-bond donors (Lipinski definition) is 0. The molecule has 3 aromatic rings. The third kappa shape index (κ3) is 4.13. The standard InChI is InChI=1S/C22H22Cl2N4O3/c1-2-25-9-11-26(12-10-25)20(29)14-27-19-6-4-3-5-16(19)21(30)28(22(27)31)15-7-8-17(23)18(24)13-15/h3-8,13H,2,9-12,14H2,1H3. The predicted octanol–water partition coefficient (Wildman–Crippen LogP) is 2.62. The predicted molar refractivity (Wildman–Crippen MR) is 123 cm³/mol. The summed E-state index contributed by atoms with van der Waals surface area (Å²) in [6, 6.07) is 11.4. The van der Waals surface area contributed by atoms with Gasteiger partial charge in [-0.25, -0.2) is 9.36 Å². The van der Waals surface area contributed by atoms with Crippen LogP contribution in [-0.4, -0.2) is 57.6 Å². The average Bonchev–Trinajstić information content (AvgIpc) is 2.79. The highest BCUT2D eigenvalue weighted by Gasteiger charge is 2.23. The summed E-state index contributed by atoms with van der Waals surface area (Å²) in [6.45, 7) is 5.74. The van der Waals surface area contributed by atoms with Crippen molar-refractivity contribution in [2.24, 2.45) is 0 Å². The molecule has 1 aliphatic heterocycles. The summed E-state index contributed by atoms with van der Waals surface area (Å²) >= 11 is 12.1. The number of nitrogens with zero attached hydrogens (tertiary/aromatic N) is 4. The minimum Gasteiger partial charge on any atom is -0.339 e. The summed E-state index contributed by atoms with van der Waals surface area (Å²) in [5, 5.41) is 0.896. The van der Waals surface area contributed by atoms with Crippen molar-refractivity contribution in [3.8, 4) is 5.69 Å². The molecule has 2 aromatic carbocycles. The SMILES string of the molecule is CCN1CCN(C(=O)Cn2c(=O)n(-c3ccc(Cl)c(Cl)c3)c(=O)c3ccccc32)CC1. The summed E-state index contributed by atoms with van der Waals surface area (Å²) in [4.78, 5) is 43.6. The van der Waals surface area contributed by atoms with Gasteiger partial charge in [0, 0.05) is 26.2 Å². The monoisotopic (exact) mass is 460 g/mol. The number of para-hydroxylation sites is 1. The topological polar surface area (TPSA) is 67.5 Å². The Balaban J connectivity index is 1.80. The fourth-order valence-corrected chi connectivity index (χ4v) is 4.17. The second-order valence-corrected chi connectivity index (χ2v) is 8.25. The number of rotatable bonds is 4. The van der Waals surface area contributed by atoms with Crippen LogP contribution >= 0.6 is 23.2 Å².